The van der Waals surface area contributed by atoms with Crippen LogP contribution in [0.15, 0.2) is 42.5 Å². The summed E-state index contributed by atoms with van der Waals surface area (Å²) in [6.45, 7) is 1.90. The van der Waals surface area contributed by atoms with Gasteiger partial charge >= 0.3 is 6.18 Å². The van der Waals surface area contributed by atoms with Crippen molar-refractivity contribution in [2.75, 3.05) is 0 Å². The Hall–Kier alpha value is -3.45. The molecule has 152 valence electrons. The van der Waals surface area contributed by atoms with E-state index in [-0.39, 0.29) is 27.8 Å². The molecule has 0 bridgehead atoms. The molecule has 0 spiro atoms. The minimum Gasteiger partial charge on any atom is -0.210 e. The van der Waals surface area contributed by atoms with Crippen LogP contribution in [0, 0.1) is 22.7 Å². The van der Waals surface area contributed by atoms with Crippen molar-refractivity contribution >= 4 is 10.8 Å². The number of aryl methyl sites for hydroxylation is 1. The quantitative estimate of drug-likeness (QED) is 0.450. The first kappa shape index (κ1) is 21.3. The highest BCUT2D eigenvalue weighted by molar-refractivity contribution is 6.01. The van der Waals surface area contributed by atoms with Crippen molar-refractivity contribution in [1.29, 1.82) is 10.5 Å². The second-order valence-corrected chi connectivity index (χ2v) is 6.82. The lowest BCUT2D eigenvalue weighted by molar-refractivity contribution is -0.137. The SMILES string of the molecule is CCc1ccc2cc(C#N)c(C#N)c(-c3cc(CC(F)F)cc(C(F)(F)F)c3)c2c1. The largest absolute Gasteiger partial charge is 0.416 e. The van der Waals surface area contributed by atoms with Crippen molar-refractivity contribution in [2.45, 2.75) is 32.4 Å². The Morgan fingerprint density at radius 1 is 0.933 bits per heavy atom. The maximum atomic E-state index is 13.5. The van der Waals surface area contributed by atoms with Crippen LogP contribution in [-0.4, -0.2) is 6.43 Å². The summed E-state index contributed by atoms with van der Waals surface area (Å²) < 4.78 is 66.2. The molecule has 2 nitrogen and oxygen atoms in total. The molecule has 0 radical (unpaired) electrons. The summed E-state index contributed by atoms with van der Waals surface area (Å²) in [7, 11) is 0. The molecule has 0 unspecified atom stereocenters. The van der Waals surface area contributed by atoms with E-state index < -0.39 is 24.6 Å². The second kappa shape index (κ2) is 8.12. The number of nitrogens with zero attached hydrogens (tertiary/aromatic N) is 2. The molecule has 0 aromatic heterocycles. The average molecular weight is 414 g/mol. The number of hydrogen-bond acceptors (Lipinski definition) is 2. The highest BCUT2D eigenvalue weighted by Gasteiger charge is 2.32. The van der Waals surface area contributed by atoms with Gasteiger partial charge in [0.2, 0.25) is 6.43 Å². The Labute approximate surface area is 169 Å². The summed E-state index contributed by atoms with van der Waals surface area (Å²) in [6, 6.07) is 13.4. The summed E-state index contributed by atoms with van der Waals surface area (Å²) in [5, 5.41) is 20.2. The van der Waals surface area contributed by atoms with Crippen molar-refractivity contribution in [3.05, 3.63) is 70.3 Å². The fourth-order valence-electron chi connectivity index (χ4n) is 3.46. The second-order valence-electron chi connectivity index (χ2n) is 6.82. The van der Waals surface area contributed by atoms with Gasteiger partial charge in [-0.25, -0.2) is 8.78 Å². The first-order chi connectivity index (χ1) is 14.2. The van der Waals surface area contributed by atoms with Crippen molar-refractivity contribution in [1.82, 2.24) is 0 Å². The third kappa shape index (κ3) is 4.11. The number of nitriles is 2. The third-order valence-electron chi connectivity index (χ3n) is 4.85. The van der Waals surface area contributed by atoms with Gasteiger partial charge in [-0.05, 0) is 52.1 Å². The van der Waals surface area contributed by atoms with Crippen LogP contribution in [0.25, 0.3) is 21.9 Å². The molecule has 3 aromatic rings. The van der Waals surface area contributed by atoms with Gasteiger partial charge in [0.1, 0.15) is 12.1 Å². The summed E-state index contributed by atoms with van der Waals surface area (Å²) in [4.78, 5) is 0. The zero-order valence-electron chi connectivity index (χ0n) is 15.8. The zero-order valence-corrected chi connectivity index (χ0v) is 15.8. The summed E-state index contributed by atoms with van der Waals surface area (Å²) in [5.41, 5.74) is -0.340. The topological polar surface area (TPSA) is 47.6 Å². The number of benzene rings is 3. The van der Waals surface area contributed by atoms with E-state index in [1.807, 2.05) is 25.1 Å². The predicted octanol–water partition coefficient (Wildman–Crippen LogP) is 6.64. The van der Waals surface area contributed by atoms with Gasteiger partial charge in [-0.1, -0.05) is 31.2 Å². The van der Waals surface area contributed by atoms with Gasteiger partial charge in [0, 0.05) is 12.0 Å². The molecule has 3 aromatic carbocycles. The molecule has 0 aliphatic rings. The Bertz CT molecular complexity index is 1200. The normalized spacial score (nSPS) is 11.5. The number of alkyl halides is 5. The van der Waals surface area contributed by atoms with E-state index in [9.17, 15) is 32.5 Å². The fraction of sp³-hybridized carbons (Fsp3) is 0.217. The number of fused-ring (bicyclic) bond motifs is 1. The van der Waals surface area contributed by atoms with Crippen molar-refractivity contribution in [3.8, 4) is 23.3 Å². The molecule has 7 heteroatoms. The van der Waals surface area contributed by atoms with E-state index in [0.717, 1.165) is 11.6 Å². The minimum absolute atomic E-state index is 0.0112. The molecule has 30 heavy (non-hydrogen) atoms. The Morgan fingerprint density at radius 3 is 2.23 bits per heavy atom. The van der Waals surface area contributed by atoms with E-state index in [0.29, 0.717) is 23.3 Å². The van der Waals surface area contributed by atoms with E-state index in [1.54, 1.807) is 12.1 Å². The van der Waals surface area contributed by atoms with Crippen molar-refractivity contribution in [3.63, 3.8) is 0 Å². The predicted molar refractivity (Wildman–Crippen MR) is 103 cm³/mol. The molecule has 0 aliphatic heterocycles. The molecule has 0 saturated heterocycles. The van der Waals surface area contributed by atoms with Gasteiger partial charge in [0.05, 0.1) is 16.7 Å². The van der Waals surface area contributed by atoms with E-state index in [4.69, 9.17) is 0 Å². The molecular weight excluding hydrogens is 399 g/mol. The Balaban J connectivity index is 2.45. The highest BCUT2D eigenvalue weighted by Crippen LogP contribution is 2.39. The maximum Gasteiger partial charge on any atom is 0.416 e. The van der Waals surface area contributed by atoms with E-state index in [2.05, 4.69) is 0 Å². The molecule has 0 amide bonds. The summed E-state index contributed by atoms with van der Waals surface area (Å²) in [6.07, 6.45) is -7.78. The molecular formula is C23H15F5N2. The highest BCUT2D eigenvalue weighted by atomic mass is 19.4. The van der Waals surface area contributed by atoms with Crippen LogP contribution in [0.3, 0.4) is 0 Å². The first-order valence-electron chi connectivity index (χ1n) is 9.07. The molecule has 3 rings (SSSR count). The third-order valence-corrected chi connectivity index (χ3v) is 4.85. The van der Waals surface area contributed by atoms with Gasteiger partial charge in [-0.3, -0.25) is 0 Å². The fourth-order valence-corrected chi connectivity index (χ4v) is 3.46. The summed E-state index contributed by atoms with van der Waals surface area (Å²) in [5.74, 6) is 0. The number of rotatable bonds is 4. The van der Waals surface area contributed by atoms with Crippen LogP contribution in [0.2, 0.25) is 0 Å². The standard InChI is InChI=1S/C23H15F5N2/c1-2-13-3-4-15-9-17(11-29)20(12-30)22(19(15)7-13)16-5-14(8-21(24)25)6-18(10-16)23(26,27)28/h3-7,9-10,21H,2,8H2,1H3. The molecule has 0 fully saturated rings. The zero-order chi connectivity index (χ0) is 22.1. The molecule has 0 saturated carbocycles. The number of halogens is 5. The van der Waals surface area contributed by atoms with Crippen LogP contribution in [-0.2, 0) is 19.0 Å². The van der Waals surface area contributed by atoms with Gasteiger partial charge in [0.25, 0.3) is 0 Å². The average Bonchev–Trinajstić information content (AvgIpc) is 2.70. The maximum absolute atomic E-state index is 13.5. The molecule has 0 aliphatic carbocycles. The smallest absolute Gasteiger partial charge is 0.210 e. The Kier molecular flexibility index (Phi) is 5.75. The number of hydrogen-bond donors (Lipinski definition) is 0. The first-order valence-corrected chi connectivity index (χ1v) is 9.07. The summed E-state index contributed by atoms with van der Waals surface area (Å²) >= 11 is 0. The minimum atomic E-state index is -4.75. The van der Waals surface area contributed by atoms with Crippen LogP contribution in [0.4, 0.5) is 22.0 Å². The van der Waals surface area contributed by atoms with Gasteiger partial charge < -0.3 is 0 Å². The van der Waals surface area contributed by atoms with E-state index >= 15 is 0 Å². The lowest BCUT2D eigenvalue weighted by Crippen LogP contribution is -2.08. The van der Waals surface area contributed by atoms with Gasteiger partial charge in [-0.2, -0.15) is 23.7 Å². The lowest BCUT2D eigenvalue weighted by atomic mass is 9.87. The van der Waals surface area contributed by atoms with Crippen LogP contribution in [0.5, 0.6) is 0 Å². The van der Waals surface area contributed by atoms with Crippen LogP contribution < -0.4 is 0 Å². The van der Waals surface area contributed by atoms with Crippen LogP contribution >= 0.6 is 0 Å². The van der Waals surface area contributed by atoms with Crippen molar-refractivity contribution in [2.24, 2.45) is 0 Å². The van der Waals surface area contributed by atoms with Crippen LogP contribution in [0.1, 0.15) is 34.7 Å². The Morgan fingerprint density at radius 2 is 1.67 bits per heavy atom. The van der Waals surface area contributed by atoms with Gasteiger partial charge in [-0.15, -0.1) is 0 Å². The monoisotopic (exact) mass is 414 g/mol. The molecule has 0 N–H and O–H groups in total. The lowest BCUT2D eigenvalue weighted by Gasteiger charge is -2.16. The van der Waals surface area contributed by atoms with Gasteiger partial charge in [0.15, 0.2) is 0 Å². The molecule has 0 heterocycles. The molecule has 0 atom stereocenters. The van der Waals surface area contributed by atoms with E-state index in [1.165, 1.54) is 12.1 Å². The van der Waals surface area contributed by atoms with Crippen molar-refractivity contribution < 1.29 is 22.0 Å².